The van der Waals surface area contributed by atoms with Crippen LogP contribution in [0.3, 0.4) is 0 Å². The summed E-state index contributed by atoms with van der Waals surface area (Å²) in [5.74, 6) is 1.85. The van der Waals surface area contributed by atoms with Crippen LogP contribution in [0.2, 0.25) is 5.02 Å². The zero-order chi connectivity index (χ0) is 33.8. The molecule has 0 aromatic heterocycles. The quantitative estimate of drug-likeness (QED) is 0.363. The number of ether oxygens (including phenoxy) is 1. The lowest BCUT2D eigenvalue weighted by molar-refractivity contribution is 0.0578. The highest BCUT2D eigenvalue weighted by Crippen LogP contribution is 2.44. The molecular formula is C38H55ClN4O4S. The maximum absolute atomic E-state index is 13.5. The third-order valence-corrected chi connectivity index (χ3v) is 13.9. The molecule has 6 rings (SSSR count). The van der Waals surface area contributed by atoms with E-state index in [1.807, 2.05) is 31.2 Å². The van der Waals surface area contributed by atoms with E-state index in [4.69, 9.17) is 16.3 Å². The van der Waals surface area contributed by atoms with Gasteiger partial charge in [0.1, 0.15) is 12.4 Å². The van der Waals surface area contributed by atoms with Crippen molar-refractivity contribution in [2.45, 2.75) is 89.9 Å². The molecule has 1 saturated heterocycles. The standard InChI is InChI=1S/C38H55ClN4O4S/c1-27-9-8-11-31(23-42-19-7-6-18-41(3)26-42)35-16-13-32(35)24-43-20-5-4-10-29-21-34(39)15-12-33(29)25-47-37-17-14-30(22-36(37)43)38(44)40-48(45,46)28(27)2/h12,14-15,17,21-22,27-28,31-32,35H,4-11,13,16,18-20,23-26H2,1-3H3,(H,40,44)/t27-,28+,31-,32-,35-/m0/s1. The minimum atomic E-state index is -3.86. The van der Waals surface area contributed by atoms with Gasteiger partial charge in [0, 0.05) is 30.2 Å². The van der Waals surface area contributed by atoms with Gasteiger partial charge in [-0.25, -0.2) is 13.1 Å². The van der Waals surface area contributed by atoms with E-state index in [1.165, 1.54) is 31.2 Å². The summed E-state index contributed by atoms with van der Waals surface area (Å²) in [4.78, 5) is 21.1. The van der Waals surface area contributed by atoms with Crippen molar-refractivity contribution in [3.8, 4) is 5.75 Å². The van der Waals surface area contributed by atoms with E-state index in [2.05, 4.69) is 32.5 Å². The minimum Gasteiger partial charge on any atom is -0.487 e. The second-order valence-corrected chi connectivity index (χ2v) is 17.6. The number of amides is 1. The molecule has 10 heteroatoms. The number of halogens is 1. The normalized spacial score (nSPS) is 29.5. The van der Waals surface area contributed by atoms with Crippen molar-refractivity contribution in [2.75, 3.05) is 51.3 Å². The number of nitrogens with zero attached hydrogens (tertiary/aromatic N) is 3. The number of aryl methyl sites for hydroxylation is 1. The van der Waals surface area contributed by atoms with E-state index in [9.17, 15) is 13.2 Å². The highest BCUT2D eigenvalue weighted by Gasteiger charge is 2.39. The maximum Gasteiger partial charge on any atom is 0.264 e. The highest BCUT2D eigenvalue weighted by molar-refractivity contribution is 7.90. The average molecular weight is 699 g/mol. The van der Waals surface area contributed by atoms with Crippen LogP contribution in [0.25, 0.3) is 0 Å². The van der Waals surface area contributed by atoms with E-state index >= 15 is 0 Å². The lowest BCUT2D eigenvalue weighted by Crippen LogP contribution is -2.46. The molecule has 8 nitrogen and oxygen atoms in total. The van der Waals surface area contributed by atoms with Gasteiger partial charge in [0.15, 0.2) is 0 Å². The molecule has 0 radical (unpaired) electrons. The van der Waals surface area contributed by atoms with Crippen LogP contribution in [0.15, 0.2) is 36.4 Å². The third kappa shape index (κ3) is 8.51. The van der Waals surface area contributed by atoms with Gasteiger partial charge >= 0.3 is 0 Å². The smallest absolute Gasteiger partial charge is 0.264 e. The van der Waals surface area contributed by atoms with E-state index in [0.29, 0.717) is 29.9 Å². The second kappa shape index (κ2) is 15.7. The van der Waals surface area contributed by atoms with Crippen molar-refractivity contribution in [2.24, 2.45) is 23.7 Å². The Hall–Kier alpha value is -2.33. The number of rotatable bonds is 2. The van der Waals surface area contributed by atoms with Gasteiger partial charge in [-0.3, -0.25) is 14.6 Å². The van der Waals surface area contributed by atoms with Crippen molar-refractivity contribution in [3.63, 3.8) is 0 Å². The summed E-state index contributed by atoms with van der Waals surface area (Å²) in [6, 6.07) is 11.4. The molecule has 2 aromatic rings. The maximum atomic E-state index is 13.5. The summed E-state index contributed by atoms with van der Waals surface area (Å²) in [5.41, 5.74) is 3.55. The first-order valence-electron chi connectivity index (χ1n) is 18.3. The zero-order valence-electron chi connectivity index (χ0n) is 29.1. The third-order valence-electron chi connectivity index (χ3n) is 11.7. The number of carbonyl (C=O) groups is 1. The van der Waals surface area contributed by atoms with E-state index in [1.54, 1.807) is 13.0 Å². The number of fused-ring (bicyclic) bond motifs is 3. The van der Waals surface area contributed by atoms with Crippen molar-refractivity contribution >= 4 is 33.2 Å². The van der Waals surface area contributed by atoms with E-state index in [0.717, 1.165) is 99.9 Å². The molecule has 264 valence electrons. The number of hydrogen-bond donors (Lipinski definition) is 1. The van der Waals surface area contributed by atoms with Gasteiger partial charge in [0.25, 0.3) is 5.91 Å². The SMILES string of the molecule is C[C@@H]1[C@@H](C)CCC[C@@H](CN2CCCCN(C)C2)[C@@H]2CC[C@H]2CN2CCCCc3cc(Cl)ccc3COc3ccc(cc32)C(=O)NS1(=O)=O. The van der Waals surface area contributed by atoms with Gasteiger partial charge in [0.2, 0.25) is 10.0 Å². The van der Waals surface area contributed by atoms with Crippen molar-refractivity contribution in [1.82, 2.24) is 14.5 Å². The van der Waals surface area contributed by atoms with Crippen LogP contribution in [0.5, 0.6) is 5.75 Å². The Morgan fingerprint density at radius 3 is 2.54 bits per heavy atom. The minimum absolute atomic E-state index is 0.0561. The molecule has 1 N–H and O–H groups in total. The van der Waals surface area contributed by atoms with Gasteiger partial charge in [-0.1, -0.05) is 31.0 Å². The predicted octanol–water partition coefficient (Wildman–Crippen LogP) is 6.96. The molecule has 0 spiro atoms. The van der Waals surface area contributed by atoms with Gasteiger partial charge in [-0.2, -0.15) is 0 Å². The molecule has 1 saturated carbocycles. The lowest BCUT2D eigenvalue weighted by Gasteiger charge is -2.46. The molecule has 4 aliphatic rings. The summed E-state index contributed by atoms with van der Waals surface area (Å²) < 4.78 is 35.9. The fourth-order valence-corrected chi connectivity index (χ4v) is 9.95. The monoisotopic (exact) mass is 698 g/mol. The fourth-order valence-electron chi connectivity index (χ4n) is 8.45. The number of sulfonamides is 1. The van der Waals surface area contributed by atoms with Crippen LogP contribution in [0.4, 0.5) is 5.69 Å². The highest BCUT2D eigenvalue weighted by atomic mass is 35.5. The molecule has 2 aromatic carbocycles. The molecule has 2 fully saturated rings. The summed E-state index contributed by atoms with van der Waals surface area (Å²) in [6.07, 6.45) is 10.8. The van der Waals surface area contributed by atoms with Crippen LogP contribution in [0, 0.1) is 23.7 Å². The Morgan fingerprint density at radius 1 is 0.917 bits per heavy atom. The molecule has 48 heavy (non-hydrogen) atoms. The van der Waals surface area contributed by atoms with Crippen LogP contribution in [0.1, 0.15) is 93.1 Å². The van der Waals surface area contributed by atoms with Gasteiger partial charge in [-0.15, -0.1) is 0 Å². The Labute approximate surface area is 293 Å². The lowest BCUT2D eigenvalue weighted by atomic mass is 9.65. The summed E-state index contributed by atoms with van der Waals surface area (Å²) in [6.45, 7) is 10.3. The molecule has 1 amide bonds. The van der Waals surface area contributed by atoms with E-state index < -0.39 is 21.2 Å². The topological polar surface area (TPSA) is 82.2 Å². The zero-order valence-corrected chi connectivity index (χ0v) is 30.7. The predicted molar refractivity (Wildman–Crippen MR) is 194 cm³/mol. The largest absolute Gasteiger partial charge is 0.487 e. The molecule has 5 atom stereocenters. The number of anilines is 1. The second-order valence-electron chi connectivity index (χ2n) is 15.1. The number of carbonyl (C=O) groups excluding carboxylic acids is 1. The van der Waals surface area contributed by atoms with Crippen LogP contribution in [-0.4, -0.2) is 75.8 Å². The molecule has 0 unspecified atom stereocenters. The van der Waals surface area contributed by atoms with Crippen LogP contribution < -0.4 is 14.4 Å². The van der Waals surface area contributed by atoms with Crippen LogP contribution in [-0.2, 0) is 23.1 Å². The van der Waals surface area contributed by atoms with Crippen molar-refractivity contribution in [1.29, 1.82) is 0 Å². The first-order chi connectivity index (χ1) is 23.1. The van der Waals surface area contributed by atoms with Crippen LogP contribution >= 0.6 is 11.6 Å². The molecule has 3 aliphatic heterocycles. The molecule has 1 aliphatic carbocycles. The van der Waals surface area contributed by atoms with Crippen molar-refractivity contribution < 1.29 is 17.9 Å². The summed E-state index contributed by atoms with van der Waals surface area (Å²) in [7, 11) is -1.62. The molecular weight excluding hydrogens is 644 g/mol. The van der Waals surface area contributed by atoms with E-state index in [-0.39, 0.29) is 5.92 Å². The molecule has 3 heterocycles. The van der Waals surface area contributed by atoms with Crippen molar-refractivity contribution in [3.05, 3.63) is 58.1 Å². The first kappa shape index (κ1) is 35.5. The summed E-state index contributed by atoms with van der Waals surface area (Å²) in [5, 5.41) is 0.0681. The number of benzene rings is 2. The first-order valence-corrected chi connectivity index (χ1v) is 20.3. The average Bonchev–Trinajstić information content (AvgIpc) is 3.26. The molecule has 2 bridgehead atoms. The Kier molecular flexibility index (Phi) is 11.6. The Balaban J connectivity index is 1.34. The van der Waals surface area contributed by atoms with Gasteiger partial charge in [-0.05, 0) is 150 Å². The number of hydrogen-bond acceptors (Lipinski definition) is 7. The summed E-state index contributed by atoms with van der Waals surface area (Å²) >= 11 is 6.39. The fraction of sp³-hybridized carbons (Fsp3) is 0.658. The Morgan fingerprint density at radius 2 is 1.73 bits per heavy atom. The Bertz CT molecular complexity index is 1540. The van der Waals surface area contributed by atoms with Gasteiger partial charge < -0.3 is 9.64 Å². The number of nitrogens with one attached hydrogen (secondary N) is 1. The van der Waals surface area contributed by atoms with Gasteiger partial charge in [0.05, 0.1) is 17.6 Å².